The van der Waals surface area contributed by atoms with Crippen molar-refractivity contribution in [2.45, 2.75) is 6.92 Å². The van der Waals surface area contributed by atoms with Crippen molar-refractivity contribution in [1.29, 1.82) is 0 Å². The van der Waals surface area contributed by atoms with E-state index in [1.54, 1.807) is 0 Å². The first-order valence-corrected chi connectivity index (χ1v) is 2.52. The van der Waals surface area contributed by atoms with Crippen molar-refractivity contribution >= 4 is 12.3 Å². The Hall–Kier alpha value is -1.06. The third-order valence-electron chi connectivity index (χ3n) is 1.08. The molecule has 9 heavy (non-hydrogen) atoms. The van der Waals surface area contributed by atoms with Crippen molar-refractivity contribution in [2.24, 2.45) is 0 Å². The van der Waals surface area contributed by atoms with Crippen molar-refractivity contribution in [3.05, 3.63) is 0 Å². The third kappa shape index (κ3) is 2.12. The number of hydrogen-bond acceptors (Lipinski definition) is 2. The molecule has 0 bridgehead atoms. The summed E-state index contributed by atoms with van der Waals surface area (Å²) in [5.74, 6) is -0.162. The highest BCUT2D eigenvalue weighted by molar-refractivity contribution is 5.73. The van der Waals surface area contributed by atoms with Gasteiger partial charge in [-0.1, -0.05) is 0 Å². The molecule has 0 rings (SSSR count). The minimum absolute atomic E-state index is 0.162. The van der Waals surface area contributed by atoms with Crippen LogP contribution < -0.4 is 0 Å². The van der Waals surface area contributed by atoms with Gasteiger partial charge in [-0.15, -0.1) is 0 Å². The second kappa shape index (κ2) is 3.06. The van der Waals surface area contributed by atoms with Gasteiger partial charge in [-0.3, -0.25) is 19.6 Å². The van der Waals surface area contributed by atoms with Crippen molar-refractivity contribution in [3.8, 4) is 0 Å². The molecule has 0 aromatic carbocycles. The molecule has 0 fully saturated rings. The summed E-state index contributed by atoms with van der Waals surface area (Å²) in [6.45, 7) is 1.39. The van der Waals surface area contributed by atoms with E-state index in [1.165, 1.54) is 31.0 Å². The minimum atomic E-state index is -0.162. The molecule has 4 nitrogen and oxygen atoms in total. The predicted molar refractivity (Wildman–Crippen MR) is 32.3 cm³/mol. The summed E-state index contributed by atoms with van der Waals surface area (Å²) in [5.41, 5.74) is 0. The number of hydrazine groups is 1. The Morgan fingerprint density at radius 3 is 2.00 bits per heavy atom. The average molecular weight is 130 g/mol. The molecule has 0 saturated carbocycles. The molecule has 2 amide bonds. The Kier molecular flexibility index (Phi) is 2.70. The van der Waals surface area contributed by atoms with Crippen LogP contribution in [0, 0.1) is 0 Å². The van der Waals surface area contributed by atoms with Crippen molar-refractivity contribution in [2.75, 3.05) is 14.1 Å². The monoisotopic (exact) mass is 130 g/mol. The highest BCUT2D eigenvalue weighted by Gasteiger charge is 2.04. The maximum atomic E-state index is 10.5. The second-order valence-electron chi connectivity index (χ2n) is 1.72. The number of rotatable bonds is 2. The van der Waals surface area contributed by atoms with E-state index in [0.717, 1.165) is 0 Å². The van der Waals surface area contributed by atoms with Crippen LogP contribution in [0.1, 0.15) is 6.92 Å². The van der Waals surface area contributed by atoms with Crippen LogP contribution in [0.2, 0.25) is 0 Å². The maximum Gasteiger partial charge on any atom is 0.237 e. The van der Waals surface area contributed by atoms with Crippen LogP contribution in [0.25, 0.3) is 0 Å². The molecule has 0 N–H and O–H groups in total. The van der Waals surface area contributed by atoms with Gasteiger partial charge in [0.25, 0.3) is 0 Å². The van der Waals surface area contributed by atoms with Gasteiger partial charge in [-0.25, -0.2) is 0 Å². The Morgan fingerprint density at radius 2 is 1.89 bits per heavy atom. The minimum Gasteiger partial charge on any atom is -0.277 e. The van der Waals surface area contributed by atoms with E-state index in [1.807, 2.05) is 0 Å². The molecule has 0 saturated heterocycles. The molecule has 0 spiro atoms. The predicted octanol–water partition coefficient (Wildman–Crippen LogP) is -0.532. The molecule has 0 aliphatic rings. The van der Waals surface area contributed by atoms with Gasteiger partial charge in [0, 0.05) is 21.0 Å². The zero-order valence-electron chi connectivity index (χ0n) is 5.79. The topological polar surface area (TPSA) is 40.6 Å². The van der Waals surface area contributed by atoms with Crippen LogP contribution in [0.15, 0.2) is 0 Å². The maximum absolute atomic E-state index is 10.5. The van der Waals surface area contributed by atoms with E-state index in [9.17, 15) is 9.59 Å². The molecule has 0 aliphatic heterocycles. The first-order valence-electron chi connectivity index (χ1n) is 2.52. The number of hydrogen-bond donors (Lipinski definition) is 0. The summed E-state index contributed by atoms with van der Waals surface area (Å²) >= 11 is 0. The smallest absolute Gasteiger partial charge is 0.237 e. The van der Waals surface area contributed by atoms with Crippen LogP contribution in [0.5, 0.6) is 0 Å². The van der Waals surface area contributed by atoms with Gasteiger partial charge in [-0.2, -0.15) is 0 Å². The van der Waals surface area contributed by atoms with Crippen LogP contribution >= 0.6 is 0 Å². The lowest BCUT2D eigenvalue weighted by Crippen LogP contribution is -2.38. The molecular weight excluding hydrogens is 120 g/mol. The fraction of sp³-hybridized carbons (Fsp3) is 0.600. The summed E-state index contributed by atoms with van der Waals surface area (Å²) in [7, 11) is 3.03. The summed E-state index contributed by atoms with van der Waals surface area (Å²) in [6, 6.07) is 0. The van der Waals surface area contributed by atoms with Crippen LogP contribution in [0.4, 0.5) is 0 Å². The molecule has 0 atom stereocenters. The largest absolute Gasteiger partial charge is 0.277 e. The zero-order valence-corrected chi connectivity index (χ0v) is 5.79. The Bertz CT molecular complexity index is 124. The summed E-state index contributed by atoms with van der Waals surface area (Å²) in [6.07, 6.45) is 0.571. The Balaban J connectivity index is 3.86. The van der Waals surface area contributed by atoms with Crippen molar-refractivity contribution in [1.82, 2.24) is 10.0 Å². The third-order valence-corrected chi connectivity index (χ3v) is 1.08. The first-order chi connectivity index (χ1) is 4.09. The van der Waals surface area contributed by atoms with Gasteiger partial charge < -0.3 is 0 Å². The highest BCUT2D eigenvalue weighted by atomic mass is 16.2. The van der Waals surface area contributed by atoms with E-state index in [-0.39, 0.29) is 5.91 Å². The normalized spacial score (nSPS) is 8.33. The van der Waals surface area contributed by atoms with Crippen LogP contribution in [0.3, 0.4) is 0 Å². The Labute approximate surface area is 54.0 Å². The number of amides is 2. The molecule has 0 radical (unpaired) electrons. The summed E-state index contributed by atoms with van der Waals surface area (Å²) < 4.78 is 0. The zero-order chi connectivity index (χ0) is 7.44. The van der Waals surface area contributed by atoms with E-state index in [2.05, 4.69) is 0 Å². The van der Waals surface area contributed by atoms with Gasteiger partial charge in [0.05, 0.1) is 0 Å². The van der Waals surface area contributed by atoms with Gasteiger partial charge >= 0.3 is 0 Å². The van der Waals surface area contributed by atoms with Gasteiger partial charge in [-0.05, 0) is 0 Å². The van der Waals surface area contributed by atoms with E-state index in [4.69, 9.17) is 0 Å². The molecular formula is C5H10N2O2. The molecule has 0 aliphatic carbocycles. The van der Waals surface area contributed by atoms with Crippen LogP contribution in [-0.4, -0.2) is 36.4 Å². The second-order valence-corrected chi connectivity index (χ2v) is 1.72. The molecule has 0 unspecified atom stereocenters. The molecule has 0 heterocycles. The van der Waals surface area contributed by atoms with Gasteiger partial charge in [0.2, 0.25) is 12.3 Å². The van der Waals surface area contributed by atoms with Gasteiger partial charge in [0.15, 0.2) is 0 Å². The molecule has 0 aromatic rings. The summed E-state index contributed by atoms with van der Waals surface area (Å²) in [5, 5.41) is 2.38. The first kappa shape index (κ1) is 7.94. The van der Waals surface area contributed by atoms with Gasteiger partial charge in [0.1, 0.15) is 0 Å². The SMILES string of the molecule is CC(=O)N(C)N(C)C=O. The van der Waals surface area contributed by atoms with Crippen molar-refractivity contribution < 1.29 is 9.59 Å². The standard InChI is InChI=1S/C5H10N2O2/c1-5(9)7(3)6(2)4-8/h4H,1-3H3. The van der Waals surface area contributed by atoms with Crippen molar-refractivity contribution in [3.63, 3.8) is 0 Å². The number of carbonyl (C=O) groups excluding carboxylic acids is 2. The fourth-order valence-corrected chi connectivity index (χ4v) is 0.293. The lowest BCUT2D eigenvalue weighted by molar-refractivity contribution is -0.148. The quantitative estimate of drug-likeness (QED) is 0.372. The summed E-state index contributed by atoms with van der Waals surface area (Å²) in [4.78, 5) is 20.5. The number of nitrogens with zero attached hydrogens (tertiary/aromatic N) is 2. The lowest BCUT2D eigenvalue weighted by Gasteiger charge is -2.22. The van der Waals surface area contributed by atoms with E-state index >= 15 is 0 Å². The number of carbonyl (C=O) groups is 2. The van der Waals surface area contributed by atoms with E-state index < -0.39 is 0 Å². The Morgan fingerprint density at radius 1 is 1.44 bits per heavy atom. The average Bonchev–Trinajstić information content (AvgIpc) is 1.84. The fourth-order valence-electron chi connectivity index (χ4n) is 0.293. The molecule has 52 valence electrons. The molecule has 4 heteroatoms. The van der Waals surface area contributed by atoms with E-state index in [0.29, 0.717) is 6.41 Å². The lowest BCUT2D eigenvalue weighted by atomic mass is 10.7. The molecule has 0 aromatic heterocycles. The highest BCUT2D eigenvalue weighted by Crippen LogP contribution is 1.84. The van der Waals surface area contributed by atoms with Crippen LogP contribution in [-0.2, 0) is 9.59 Å².